The zero-order valence-electron chi connectivity index (χ0n) is 9.61. The van der Waals surface area contributed by atoms with Crippen molar-refractivity contribution in [3.05, 3.63) is 59.4 Å². The highest BCUT2D eigenvalue weighted by molar-refractivity contribution is 5.87. The van der Waals surface area contributed by atoms with Crippen molar-refractivity contribution in [2.75, 3.05) is 0 Å². The summed E-state index contributed by atoms with van der Waals surface area (Å²) in [7, 11) is 0. The topological polar surface area (TPSA) is 17.1 Å². The predicted octanol–water partition coefficient (Wildman–Crippen LogP) is 3.87. The van der Waals surface area contributed by atoms with E-state index in [1.807, 2.05) is 24.3 Å². The van der Waals surface area contributed by atoms with E-state index in [0.717, 1.165) is 12.0 Å². The highest BCUT2D eigenvalue weighted by Crippen LogP contribution is 2.25. The van der Waals surface area contributed by atoms with Gasteiger partial charge in [0.25, 0.3) is 0 Å². The third kappa shape index (κ3) is 2.26. The Hall–Kier alpha value is -1.96. The number of halogens is 1. The molecule has 2 aromatic carbocycles. The number of rotatable bonds is 3. The first-order valence-electron chi connectivity index (χ1n) is 5.59. The van der Waals surface area contributed by atoms with Gasteiger partial charge < -0.3 is 0 Å². The van der Waals surface area contributed by atoms with Crippen LogP contribution in [0, 0.1) is 5.82 Å². The van der Waals surface area contributed by atoms with Crippen molar-refractivity contribution in [3.8, 4) is 11.1 Å². The maximum absolute atomic E-state index is 13.5. The van der Waals surface area contributed by atoms with Crippen LogP contribution in [0.5, 0.6) is 0 Å². The average Bonchev–Trinajstić information content (AvgIpc) is 2.38. The normalized spacial score (nSPS) is 10.2. The lowest BCUT2D eigenvalue weighted by molar-refractivity contribution is 0.112. The van der Waals surface area contributed by atoms with E-state index in [1.165, 1.54) is 11.6 Å². The Bertz CT molecular complexity index is 546. The maximum atomic E-state index is 13.5. The Morgan fingerprint density at radius 3 is 2.65 bits per heavy atom. The third-order valence-corrected chi connectivity index (χ3v) is 2.82. The molecule has 2 heteroatoms. The van der Waals surface area contributed by atoms with E-state index in [9.17, 15) is 9.18 Å². The van der Waals surface area contributed by atoms with Gasteiger partial charge in [0.15, 0.2) is 6.29 Å². The van der Waals surface area contributed by atoms with Crippen molar-refractivity contribution in [2.45, 2.75) is 13.3 Å². The second kappa shape index (κ2) is 4.91. The van der Waals surface area contributed by atoms with E-state index < -0.39 is 5.82 Å². The molecule has 0 saturated carbocycles. The van der Waals surface area contributed by atoms with E-state index in [2.05, 4.69) is 6.92 Å². The molecule has 0 saturated heterocycles. The molecule has 0 spiro atoms. The lowest BCUT2D eigenvalue weighted by atomic mass is 9.98. The van der Waals surface area contributed by atoms with Crippen molar-refractivity contribution >= 4 is 6.29 Å². The molecular weight excluding hydrogens is 215 g/mol. The fraction of sp³-hybridized carbons (Fsp3) is 0.133. The third-order valence-electron chi connectivity index (χ3n) is 2.82. The van der Waals surface area contributed by atoms with Gasteiger partial charge in [0.1, 0.15) is 5.82 Å². The number of aryl methyl sites for hydroxylation is 1. The predicted molar refractivity (Wildman–Crippen MR) is 66.6 cm³/mol. The van der Waals surface area contributed by atoms with Crippen LogP contribution in [0.2, 0.25) is 0 Å². The Morgan fingerprint density at radius 2 is 1.94 bits per heavy atom. The molecule has 0 unspecified atom stereocenters. The van der Waals surface area contributed by atoms with Gasteiger partial charge in [0.05, 0.1) is 5.56 Å². The number of hydrogen-bond acceptors (Lipinski definition) is 1. The van der Waals surface area contributed by atoms with Crippen LogP contribution in [0.4, 0.5) is 4.39 Å². The van der Waals surface area contributed by atoms with Crippen LogP contribution < -0.4 is 0 Å². The molecule has 0 aliphatic heterocycles. The summed E-state index contributed by atoms with van der Waals surface area (Å²) in [5, 5.41) is 0. The summed E-state index contributed by atoms with van der Waals surface area (Å²) in [6.07, 6.45) is 1.49. The quantitative estimate of drug-likeness (QED) is 0.729. The molecular formula is C15H13FO. The highest BCUT2D eigenvalue weighted by Gasteiger charge is 2.09. The summed E-state index contributed by atoms with van der Waals surface area (Å²) < 4.78 is 13.5. The van der Waals surface area contributed by atoms with Crippen molar-refractivity contribution < 1.29 is 9.18 Å². The molecule has 0 amide bonds. The van der Waals surface area contributed by atoms with Gasteiger partial charge in [0.2, 0.25) is 0 Å². The second-order valence-corrected chi connectivity index (χ2v) is 3.87. The fourth-order valence-electron chi connectivity index (χ4n) is 1.87. The molecule has 17 heavy (non-hydrogen) atoms. The summed E-state index contributed by atoms with van der Waals surface area (Å²) in [6.45, 7) is 2.06. The molecule has 1 nitrogen and oxygen atoms in total. The van der Waals surface area contributed by atoms with Crippen LogP contribution in [0.3, 0.4) is 0 Å². The van der Waals surface area contributed by atoms with Gasteiger partial charge in [-0.3, -0.25) is 4.79 Å². The van der Waals surface area contributed by atoms with Crippen LogP contribution in [-0.2, 0) is 6.42 Å². The lowest BCUT2D eigenvalue weighted by Crippen LogP contribution is -1.93. The van der Waals surface area contributed by atoms with Gasteiger partial charge in [0, 0.05) is 0 Å². The summed E-state index contributed by atoms with van der Waals surface area (Å²) in [5.74, 6) is -0.473. The highest BCUT2D eigenvalue weighted by atomic mass is 19.1. The van der Waals surface area contributed by atoms with E-state index in [4.69, 9.17) is 0 Å². The van der Waals surface area contributed by atoms with Crippen molar-refractivity contribution in [2.24, 2.45) is 0 Å². The van der Waals surface area contributed by atoms with E-state index >= 15 is 0 Å². The molecule has 0 N–H and O–H groups in total. The number of carbonyl (C=O) groups excluding carboxylic acids is 1. The minimum atomic E-state index is -0.473. The summed E-state index contributed by atoms with van der Waals surface area (Å²) in [5.41, 5.74) is 2.82. The van der Waals surface area contributed by atoms with Gasteiger partial charge in [-0.2, -0.15) is 0 Å². The zero-order chi connectivity index (χ0) is 12.3. The number of aldehydes is 1. The molecule has 0 bridgehead atoms. The van der Waals surface area contributed by atoms with E-state index in [0.29, 0.717) is 11.8 Å². The average molecular weight is 228 g/mol. The van der Waals surface area contributed by atoms with Crippen LogP contribution >= 0.6 is 0 Å². The Balaban J connectivity index is 2.59. The first-order chi connectivity index (χ1) is 8.26. The van der Waals surface area contributed by atoms with Crippen LogP contribution in [-0.4, -0.2) is 6.29 Å². The SMILES string of the molecule is CCc1cccc(-c2cccc(F)c2C=O)c1. The van der Waals surface area contributed by atoms with Crippen molar-refractivity contribution in [1.29, 1.82) is 0 Å². The zero-order valence-corrected chi connectivity index (χ0v) is 9.61. The van der Waals surface area contributed by atoms with E-state index in [-0.39, 0.29) is 5.56 Å². The van der Waals surface area contributed by atoms with Crippen LogP contribution in [0.15, 0.2) is 42.5 Å². The smallest absolute Gasteiger partial charge is 0.153 e. The standard InChI is InChI=1S/C15H13FO/c1-2-11-5-3-6-12(9-11)13-7-4-8-15(16)14(13)10-17/h3-10H,2H2,1H3. The number of benzene rings is 2. The van der Waals surface area contributed by atoms with Crippen LogP contribution in [0.25, 0.3) is 11.1 Å². The first kappa shape index (κ1) is 11.5. The van der Waals surface area contributed by atoms with Gasteiger partial charge in [-0.15, -0.1) is 0 Å². The summed E-state index contributed by atoms with van der Waals surface area (Å²) in [6, 6.07) is 12.5. The minimum absolute atomic E-state index is 0.126. The molecule has 0 atom stereocenters. The molecule has 0 aliphatic rings. The Morgan fingerprint density at radius 1 is 1.18 bits per heavy atom. The Kier molecular flexibility index (Phi) is 3.33. The van der Waals surface area contributed by atoms with Gasteiger partial charge in [-0.05, 0) is 29.2 Å². The molecule has 0 aromatic heterocycles. The minimum Gasteiger partial charge on any atom is -0.298 e. The summed E-state index contributed by atoms with van der Waals surface area (Å²) in [4.78, 5) is 10.9. The second-order valence-electron chi connectivity index (χ2n) is 3.87. The van der Waals surface area contributed by atoms with Crippen molar-refractivity contribution in [1.82, 2.24) is 0 Å². The molecule has 0 heterocycles. The van der Waals surface area contributed by atoms with Crippen molar-refractivity contribution in [3.63, 3.8) is 0 Å². The largest absolute Gasteiger partial charge is 0.298 e. The van der Waals surface area contributed by atoms with E-state index in [1.54, 1.807) is 12.1 Å². The first-order valence-corrected chi connectivity index (χ1v) is 5.59. The number of hydrogen-bond donors (Lipinski definition) is 0. The summed E-state index contributed by atoms with van der Waals surface area (Å²) >= 11 is 0. The van der Waals surface area contributed by atoms with Crippen LogP contribution in [0.1, 0.15) is 22.8 Å². The van der Waals surface area contributed by atoms with Gasteiger partial charge in [-0.1, -0.05) is 43.3 Å². The fourth-order valence-corrected chi connectivity index (χ4v) is 1.87. The molecule has 2 rings (SSSR count). The lowest BCUT2D eigenvalue weighted by Gasteiger charge is -2.07. The monoisotopic (exact) mass is 228 g/mol. The maximum Gasteiger partial charge on any atom is 0.153 e. The molecule has 0 radical (unpaired) electrons. The molecule has 0 aliphatic carbocycles. The molecule has 86 valence electrons. The Labute approximate surface area is 99.9 Å². The van der Waals surface area contributed by atoms with Gasteiger partial charge >= 0.3 is 0 Å². The molecule has 2 aromatic rings. The molecule has 0 fully saturated rings. The number of carbonyl (C=O) groups is 1. The van der Waals surface area contributed by atoms with Gasteiger partial charge in [-0.25, -0.2) is 4.39 Å².